The van der Waals surface area contributed by atoms with Crippen LogP contribution in [0.1, 0.15) is 70.6 Å². The Kier molecular flexibility index (Phi) is 5.23. The van der Waals surface area contributed by atoms with Crippen LogP contribution in [0.2, 0.25) is 0 Å². The van der Waals surface area contributed by atoms with E-state index in [0.29, 0.717) is 11.5 Å². The topological polar surface area (TPSA) is 35.5 Å². The summed E-state index contributed by atoms with van der Waals surface area (Å²) in [6.07, 6.45) is 14.3. The van der Waals surface area contributed by atoms with Crippen molar-refractivity contribution in [1.82, 2.24) is 10.2 Å². The Bertz CT molecular complexity index is 323. The normalized spacial score (nSPS) is 33.3. The third-order valence-corrected chi connectivity index (χ3v) is 6.10. The molecule has 3 heteroatoms. The van der Waals surface area contributed by atoms with Crippen LogP contribution in [0.4, 0.5) is 0 Å². The molecule has 0 aliphatic heterocycles. The van der Waals surface area contributed by atoms with Crippen LogP contribution in [0.5, 0.6) is 0 Å². The van der Waals surface area contributed by atoms with Crippen LogP contribution in [-0.2, 0) is 0 Å². The molecule has 3 saturated carbocycles. The van der Waals surface area contributed by atoms with Crippen LogP contribution in [0, 0.1) is 5.41 Å². The molecule has 0 heterocycles. The fourth-order valence-corrected chi connectivity index (χ4v) is 4.59. The van der Waals surface area contributed by atoms with Gasteiger partial charge in [-0.05, 0) is 51.0 Å². The van der Waals surface area contributed by atoms with Gasteiger partial charge in [0.05, 0.1) is 6.10 Å². The second kappa shape index (κ2) is 6.97. The Morgan fingerprint density at radius 1 is 1.00 bits per heavy atom. The standard InChI is InChI=1S/C18H34N2O/c1-20(16-7-3-4-8-17(16)21)14-18(11-5-2-6-12-18)13-19-15-9-10-15/h15-17,19,21H,2-14H2,1H3. The first-order valence-electron chi connectivity index (χ1n) is 9.30. The van der Waals surface area contributed by atoms with Crippen molar-refractivity contribution in [3.63, 3.8) is 0 Å². The van der Waals surface area contributed by atoms with E-state index in [4.69, 9.17) is 0 Å². The number of aliphatic hydroxyl groups is 1. The minimum Gasteiger partial charge on any atom is -0.391 e. The van der Waals surface area contributed by atoms with E-state index in [9.17, 15) is 5.11 Å². The van der Waals surface area contributed by atoms with Gasteiger partial charge < -0.3 is 15.3 Å². The SMILES string of the molecule is CN(CC1(CNC2CC2)CCCCC1)C1CCCCC1O. The van der Waals surface area contributed by atoms with Gasteiger partial charge in [-0.1, -0.05) is 32.1 Å². The number of aliphatic hydroxyl groups excluding tert-OH is 1. The Balaban J connectivity index is 1.58. The first kappa shape index (κ1) is 15.8. The van der Waals surface area contributed by atoms with Crippen molar-refractivity contribution in [3.05, 3.63) is 0 Å². The molecule has 3 aliphatic rings. The molecule has 3 rings (SSSR count). The molecule has 0 saturated heterocycles. The van der Waals surface area contributed by atoms with Crippen LogP contribution in [0.3, 0.4) is 0 Å². The number of rotatable bonds is 6. The predicted octanol–water partition coefficient (Wildman–Crippen LogP) is 2.92. The van der Waals surface area contributed by atoms with Gasteiger partial charge in [0.2, 0.25) is 0 Å². The van der Waals surface area contributed by atoms with E-state index >= 15 is 0 Å². The van der Waals surface area contributed by atoms with Gasteiger partial charge in [-0.2, -0.15) is 0 Å². The highest BCUT2D eigenvalue weighted by molar-refractivity contribution is 4.93. The van der Waals surface area contributed by atoms with Crippen LogP contribution in [-0.4, -0.2) is 48.3 Å². The molecule has 0 spiro atoms. The van der Waals surface area contributed by atoms with Crippen molar-refractivity contribution >= 4 is 0 Å². The number of hydrogen-bond donors (Lipinski definition) is 2. The average molecular weight is 294 g/mol. The summed E-state index contributed by atoms with van der Waals surface area (Å²) in [5, 5.41) is 14.1. The Hall–Kier alpha value is -0.120. The van der Waals surface area contributed by atoms with Gasteiger partial charge in [0, 0.05) is 25.2 Å². The van der Waals surface area contributed by atoms with Crippen molar-refractivity contribution < 1.29 is 5.11 Å². The lowest BCUT2D eigenvalue weighted by Gasteiger charge is -2.44. The minimum atomic E-state index is -0.0965. The Labute approximate surface area is 130 Å². The lowest BCUT2D eigenvalue weighted by atomic mass is 9.73. The summed E-state index contributed by atoms with van der Waals surface area (Å²) in [6, 6.07) is 1.22. The van der Waals surface area contributed by atoms with E-state index in [-0.39, 0.29) is 6.10 Å². The monoisotopic (exact) mass is 294 g/mol. The van der Waals surface area contributed by atoms with Crippen molar-refractivity contribution in [1.29, 1.82) is 0 Å². The van der Waals surface area contributed by atoms with Crippen LogP contribution < -0.4 is 5.32 Å². The van der Waals surface area contributed by atoms with E-state index in [1.165, 1.54) is 77.3 Å². The largest absolute Gasteiger partial charge is 0.391 e. The quantitative estimate of drug-likeness (QED) is 0.790. The van der Waals surface area contributed by atoms with Crippen molar-refractivity contribution in [2.24, 2.45) is 5.41 Å². The first-order valence-corrected chi connectivity index (χ1v) is 9.30. The molecule has 0 aromatic heterocycles. The second-order valence-corrected chi connectivity index (χ2v) is 8.05. The number of hydrogen-bond acceptors (Lipinski definition) is 3. The Morgan fingerprint density at radius 3 is 2.38 bits per heavy atom. The summed E-state index contributed by atoms with van der Waals surface area (Å²) in [5.74, 6) is 0. The van der Waals surface area contributed by atoms with Crippen molar-refractivity contribution in [2.45, 2.75) is 88.8 Å². The van der Waals surface area contributed by atoms with E-state index in [0.717, 1.165) is 12.5 Å². The predicted molar refractivity (Wildman–Crippen MR) is 87.4 cm³/mol. The molecule has 3 aliphatic carbocycles. The van der Waals surface area contributed by atoms with Gasteiger partial charge in [0.25, 0.3) is 0 Å². The van der Waals surface area contributed by atoms with Crippen LogP contribution >= 0.6 is 0 Å². The molecule has 0 aromatic rings. The van der Waals surface area contributed by atoms with E-state index in [1.54, 1.807) is 0 Å². The lowest BCUT2D eigenvalue weighted by molar-refractivity contribution is 0.00408. The Morgan fingerprint density at radius 2 is 1.71 bits per heavy atom. The molecule has 2 unspecified atom stereocenters. The lowest BCUT2D eigenvalue weighted by Crippen LogP contribution is -2.51. The van der Waals surface area contributed by atoms with Gasteiger partial charge in [-0.25, -0.2) is 0 Å². The maximum atomic E-state index is 10.3. The summed E-state index contributed by atoms with van der Waals surface area (Å²) in [4.78, 5) is 2.50. The minimum absolute atomic E-state index is 0.0965. The molecule has 0 aromatic carbocycles. The van der Waals surface area contributed by atoms with Gasteiger partial charge >= 0.3 is 0 Å². The fourth-order valence-electron chi connectivity index (χ4n) is 4.59. The molecule has 0 radical (unpaired) electrons. The van der Waals surface area contributed by atoms with Crippen LogP contribution in [0.25, 0.3) is 0 Å². The number of nitrogens with one attached hydrogen (secondary N) is 1. The molecule has 2 atom stereocenters. The summed E-state index contributed by atoms with van der Waals surface area (Å²) in [5.41, 5.74) is 0.465. The maximum absolute atomic E-state index is 10.3. The van der Waals surface area contributed by atoms with Crippen molar-refractivity contribution in [2.75, 3.05) is 20.1 Å². The van der Waals surface area contributed by atoms with Gasteiger partial charge in [0.1, 0.15) is 0 Å². The van der Waals surface area contributed by atoms with Gasteiger partial charge in [-0.3, -0.25) is 0 Å². The zero-order valence-electron chi connectivity index (χ0n) is 13.8. The van der Waals surface area contributed by atoms with Crippen molar-refractivity contribution in [3.8, 4) is 0 Å². The summed E-state index contributed by atoms with van der Waals surface area (Å²) < 4.78 is 0. The molecule has 2 N–H and O–H groups in total. The second-order valence-electron chi connectivity index (χ2n) is 8.05. The number of likely N-dealkylation sites (N-methyl/N-ethyl adjacent to an activating group) is 1. The van der Waals surface area contributed by atoms with E-state index < -0.39 is 0 Å². The molecule has 3 nitrogen and oxygen atoms in total. The summed E-state index contributed by atoms with van der Waals surface area (Å²) in [6.45, 7) is 2.37. The molecule has 3 fully saturated rings. The highest BCUT2D eigenvalue weighted by atomic mass is 16.3. The van der Waals surface area contributed by atoms with E-state index in [1.807, 2.05) is 0 Å². The number of nitrogens with zero attached hydrogens (tertiary/aromatic N) is 1. The summed E-state index contributed by atoms with van der Waals surface area (Å²) in [7, 11) is 2.26. The molecular formula is C18H34N2O. The van der Waals surface area contributed by atoms with Gasteiger partial charge in [-0.15, -0.1) is 0 Å². The fraction of sp³-hybridized carbons (Fsp3) is 1.00. The third-order valence-electron chi connectivity index (χ3n) is 6.10. The molecule has 122 valence electrons. The zero-order chi connectivity index (χ0) is 14.7. The maximum Gasteiger partial charge on any atom is 0.0695 e. The van der Waals surface area contributed by atoms with Crippen LogP contribution in [0.15, 0.2) is 0 Å². The highest BCUT2D eigenvalue weighted by Crippen LogP contribution is 2.38. The van der Waals surface area contributed by atoms with Gasteiger partial charge in [0.15, 0.2) is 0 Å². The smallest absolute Gasteiger partial charge is 0.0695 e. The highest BCUT2D eigenvalue weighted by Gasteiger charge is 2.37. The summed E-state index contributed by atoms with van der Waals surface area (Å²) >= 11 is 0. The third kappa shape index (κ3) is 4.20. The van der Waals surface area contributed by atoms with E-state index in [2.05, 4.69) is 17.3 Å². The molecule has 21 heavy (non-hydrogen) atoms. The molecule has 0 bridgehead atoms. The first-order chi connectivity index (χ1) is 10.2. The average Bonchev–Trinajstić information content (AvgIpc) is 3.31. The molecular weight excluding hydrogens is 260 g/mol. The zero-order valence-corrected chi connectivity index (χ0v) is 13.8. The molecule has 0 amide bonds.